The summed E-state index contributed by atoms with van der Waals surface area (Å²) < 4.78 is 12.7. The molecule has 0 saturated heterocycles. The fourth-order valence-corrected chi connectivity index (χ4v) is 2.29. The van der Waals surface area contributed by atoms with Gasteiger partial charge < -0.3 is 10.4 Å². The Hall–Kier alpha value is -2.28. The van der Waals surface area contributed by atoms with Crippen molar-refractivity contribution in [2.75, 3.05) is 5.32 Å². The zero-order valence-electron chi connectivity index (χ0n) is 9.81. The Labute approximate surface area is 111 Å². The second kappa shape index (κ2) is 5.15. The van der Waals surface area contributed by atoms with Gasteiger partial charge in [-0.05, 0) is 24.3 Å². The summed E-state index contributed by atoms with van der Waals surface area (Å²) in [6, 6.07) is 5.51. The van der Waals surface area contributed by atoms with Crippen LogP contribution in [-0.2, 0) is 0 Å². The van der Waals surface area contributed by atoms with Crippen LogP contribution in [0.25, 0.3) is 0 Å². The van der Waals surface area contributed by atoms with Gasteiger partial charge in [-0.1, -0.05) is 11.3 Å². The SMILES string of the molecule is CC(=O)c1sc(Nc2ccc(F)cc2)nc1C(=O)O. The first kappa shape index (κ1) is 13.2. The molecule has 98 valence electrons. The van der Waals surface area contributed by atoms with Crippen LogP contribution in [-0.4, -0.2) is 21.8 Å². The topological polar surface area (TPSA) is 79.3 Å². The summed E-state index contributed by atoms with van der Waals surface area (Å²) in [5.41, 5.74) is 0.282. The lowest BCUT2D eigenvalue weighted by Crippen LogP contribution is -2.03. The minimum Gasteiger partial charge on any atom is -0.476 e. The number of ketones is 1. The molecule has 0 spiro atoms. The molecule has 2 rings (SSSR count). The molecule has 19 heavy (non-hydrogen) atoms. The van der Waals surface area contributed by atoms with E-state index in [1.807, 2.05) is 0 Å². The first-order chi connectivity index (χ1) is 8.97. The Balaban J connectivity index is 2.31. The molecule has 0 saturated carbocycles. The average Bonchev–Trinajstić information content (AvgIpc) is 2.76. The van der Waals surface area contributed by atoms with Crippen LogP contribution in [0, 0.1) is 5.82 Å². The van der Waals surface area contributed by atoms with Crippen LogP contribution in [0.1, 0.15) is 27.1 Å². The van der Waals surface area contributed by atoms with Crippen molar-refractivity contribution in [3.63, 3.8) is 0 Å². The van der Waals surface area contributed by atoms with Crippen molar-refractivity contribution in [2.45, 2.75) is 6.92 Å². The van der Waals surface area contributed by atoms with Crippen molar-refractivity contribution in [1.82, 2.24) is 4.98 Å². The number of hydrogen-bond donors (Lipinski definition) is 2. The fraction of sp³-hybridized carbons (Fsp3) is 0.0833. The molecule has 7 heteroatoms. The molecule has 1 aromatic carbocycles. The van der Waals surface area contributed by atoms with E-state index >= 15 is 0 Å². The van der Waals surface area contributed by atoms with Crippen molar-refractivity contribution in [3.05, 3.63) is 40.7 Å². The number of benzene rings is 1. The van der Waals surface area contributed by atoms with Gasteiger partial charge in [-0.3, -0.25) is 4.79 Å². The Morgan fingerprint density at radius 3 is 2.42 bits per heavy atom. The number of nitrogens with one attached hydrogen (secondary N) is 1. The quantitative estimate of drug-likeness (QED) is 0.842. The lowest BCUT2D eigenvalue weighted by molar-refractivity contribution is 0.0687. The van der Waals surface area contributed by atoms with Crippen molar-refractivity contribution < 1.29 is 19.1 Å². The third-order valence-corrected chi connectivity index (χ3v) is 3.32. The summed E-state index contributed by atoms with van der Waals surface area (Å²) in [5, 5.41) is 12.0. The third kappa shape index (κ3) is 2.94. The summed E-state index contributed by atoms with van der Waals surface area (Å²) in [7, 11) is 0. The maximum absolute atomic E-state index is 12.7. The van der Waals surface area contributed by atoms with Crippen molar-refractivity contribution in [3.8, 4) is 0 Å². The highest BCUT2D eigenvalue weighted by atomic mass is 32.1. The van der Waals surface area contributed by atoms with Gasteiger partial charge in [0.05, 0.1) is 0 Å². The largest absolute Gasteiger partial charge is 0.476 e. The lowest BCUT2D eigenvalue weighted by atomic mass is 10.3. The van der Waals surface area contributed by atoms with Gasteiger partial charge in [-0.25, -0.2) is 14.2 Å². The number of rotatable bonds is 4. The number of carbonyl (C=O) groups excluding carboxylic acids is 1. The maximum atomic E-state index is 12.7. The van der Waals surface area contributed by atoms with E-state index in [2.05, 4.69) is 10.3 Å². The highest BCUT2D eigenvalue weighted by Crippen LogP contribution is 2.26. The van der Waals surface area contributed by atoms with Gasteiger partial charge >= 0.3 is 5.97 Å². The second-order valence-electron chi connectivity index (χ2n) is 3.69. The summed E-state index contributed by atoms with van der Waals surface area (Å²) >= 11 is 0.949. The predicted octanol–water partition coefficient (Wildman–Crippen LogP) is 2.93. The highest BCUT2D eigenvalue weighted by Gasteiger charge is 2.20. The zero-order chi connectivity index (χ0) is 14.0. The molecule has 0 aliphatic carbocycles. The Kier molecular flexibility index (Phi) is 3.57. The highest BCUT2D eigenvalue weighted by molar-refractivity contribution is 7.17. The van der Waals surface area contributed by atoms with Gasteiger partial charge in [0.25, 0.3) is 0 Å². The number of anilines is 2. The number of aromatic nitrogens is 1. The minimum atomic E-state index is -1.26. The number of carbonyl (C=O) groups is 2. The van der Waals surface area contributed by atoms with E-state index in [1.54, 1.807) is 0 Å². The number of halogens is 1. The van der Waals surface area contributed by atoms with Gasteiger partial charge in [0.15, 0.2) is 16.6 Å². The number of Topliss-reactive ketones (excluding diaryl/α,β-unsaturated/α-hetero) is 1. The molecule has 1 aromatic heterocycles. The first-order valence-corrected chi connectivity index (χ1v) is 6.06. The van der Waals surface area contributed by atoms with Gasteiger partial charge in [0, 0.05) is 12.6 Å². The number of aromatic carboxylic acids is 1. The van der Waals surface area contributed by atoms with Gasteiger partial charge in [0.1, 0.15) is 10.7 Å². The predicted molar refractivity (Wildman–Crippen MR) is 68.8 cm³/mol. The molecule has 0 radical (unpaired) electrons. The molecule has 0 unspecified atom stereocenters. The second-order valence-corrected chi connectivity index (χ2v) is 4.69. The smallest absolute Gasteiger partial charge is 0.356 e. The maximum Gasteiger partial charge on any atom is 0.356 e. The molecule has 0 fully saturated rings. The van der Waals surface area contributed by atoms with E-state index < -0.39 is 5.97 Å². The Morgan fingerprint density at radius 2 is 1.95 bits per heavy atom. The Morgan fingerprint density at radius 1 is 1.32 bits per heavy atom. The van der Waals surface area contributed by atoms with Crippen LogP contribution in [0.4, 0.5) is 15.2 Å². The number of nitrogens with zero attached hydrogens (tertiary/aromatic N) is 1. The molecule has 5 nitrogen and oxygen atoms in total. The first-order valence-electron chi connectivity index (χ1n) is 5.25. The molecule has 0 atom stereocenters. The molecular formula is C12H9FN2O3S. The fourth-order valence-electron chi connectivity index (χ4n) is 1.41. The standard InChI is InChI=1S/C12H9FN2O3S/c1-6(16)10-9(11(17)18)15-12(19-10)14-8-4-2-7(13)3-5-8/h2-5H,1H3,(H,14,15)(H,17,18). The van der Waals surface area contributed by atoms with Crippen molar-refractivity contribution in [1.29, 1.82) is 0 Å². The number of carboxylic acid groups (broad SMARTS) is 1. The molecule has 0 amide bonds. The number of carboxylic acids is 1. The van der Waals surface area contributed by atoms with Crippen LogP contribution in [0.5, 0.6) is 0 Å². The van der Waals surface area contributed by atoms with Crippen LogP contribution < -0.4 is 5.32 Å². The van der Waals surface area contributed by atoms with E-state index in [0.29, 0.717) is 5.69 Å². The molecule has 0 aliphatic heterocycles. The van der Waals surface area contributed by atoms with Crippen molar-refractivity contribution in [2.24, 2.45) is 0 Å². The molecule has 0 aliphatic rings. The van der Waals surface area contributed by atoms with E-state index in [1.165, 1.54) is 31.2 Å². The molecule has 2 N–H and O–H groups in total. The Bertz CT molecular complexity index is 605. The van der Waals surface area contributed by atoms with Gasteiger partial charge in [-0.2, -0.15) is 0 Å². The van der Waals surface area contributed by atoms with Gasteiger partial charge in [0.2, 0.25) is 0 Å². The third-order valence-electron chi connectivity index (χ3n) is 2.24. The zero-order valence-corrected chi connectivity index (χ0v) is 10.6. The summed E-state index contributed by atoms with van der Waals surface area (Å²) in [5.74, 6) is -1.99. The molecule has 2 aromatic rings. The van der Waals surface area contributed by atoms with Crippen LogP contribution in [0.15, 0.2) is 24.3 Å². The number of thiazole rings is 1. The molecular weight excluding hydrogens is 271 g/mol. The van der Waals surface area contributed by atoms with Crippen LogP contribution in [0.3, 0.4) is 0 Å². The van der Waals surface area contributed by atoms with E-state index in [9.17, 15) is 14.0 Å². The summed E-state index contributed by atoms with van der Waals surface area (Å²) in [6.07, 6.45) is 0. The average molecular weight is 280 g/mol. The molecule has 1 heterocycles. The lowest BCUT2D eigenvalue weighted by Gasteiger charge is -2.00. The van der Waals surface area contributed by atoms with Gasteiger partial charge in [-0.15, -0.1) is 0 Å². The van der Waals surface area contributed by atoms with Crippen molar-refractivity contribution >= 4 is 33.9 Å². The van der Waals surface area contributed by atoms with Crippen LogP contribution in [0.2, 0.25) is 0 Å². The monoisotopic (exact) mass is 280 g/mol. The van der Waals surface area contributed by atoms with E-state index in [-0.39, 0.29) is 27.3 Å². The summed E-state index contributed by atoms with van der Waals surface area (Å²) in [4.78, 5) is 26.2. The normalized spacial score (nSPS) is 10.2. The van der Waals surface area contributed by atoms with E-state index in [0.717, 1.165) is 11.3 Å². The van der Waals surface area contributed by atoms with E-state index in [4.69, 9.17) is 5.11 Å². The molecule has 0 bridgehead atoms. The van der Waals surface area contributed by atoms with Crippen LogP contribution >= 0.6 is 11.3 Å². The number of hydrogen-bond acceptors (Lipinski definition) is 5. The minimum absolute atomic E-state index is 0.0807. The summed E-state index contributed by atoms with van der Waals surface area (Å²) in [6.45, 7) is 1.28.